The molecule has 1 fully saturated rings. The van der Waals surface area contributed by atoms with Gasteiger partial charge in [0.05, 0.1) is 18.5 Å². The number of carbonyl (C=O) groups is 1. The second-order valence-corrected chi connectivity index (χ2v) is 9.12. The Morgan fingerprint density at radius 2 is 2.07 bits per heavy atom. The van der Waals surface area contributed by atoms with Gasteiger partial charge in [-0.05, 0) is 19.3 Å². The van der Waals surface area contributed by atoms with Crippen LogP contribution in [0.1, 0.15) is 45.8 Å². The molecule has 30 heavy (non-hydrogen) atoms. The Morgan fingerprint density at radius 3 is 2.70 bits per heavy atom. The predicted molar refractivity (Wildman–Crippen MR) is 117 cm³/mol. The summed E-state index contributed by atoms with van der Waals surface area (Å²) in [4.78, 5) is 15.2. The van der Waals surface area contributed by atoms with E-state index in [0.29, 0.717) is 30.7 Å². The van der Waals surface area contributed by atoms with Crippen LogP contribution in [-0.2, 0) is 16.1 Å². The Bertz CT molecular complexity index is 815. The summed E-state index contributed by atoms with van der Waals surface area (Å²) in [6, 6.07) is 1.72. The van der Waals surface area contributed by atoms with Gasteiger partial charge in [0.15, 0.2) is 11.0 Å². The van der Waals surface area contributed by atoms with Crippen molar-refractivity contribution in [1.82, 2.24) is 19.9 Å². The lowest BCUT2D eigenvalue weighted by atomic mass is 10.2. The first kappa shape index (κ1) is 22.6. The Morgan fingerprint density at radius 1 is 1.30 bits per heavy atom. The molecule has 0 aliphatic carbocycles. The molecule has 9 nitrogen and oxygen atoms in total. The van der Waals surface area contributed by atoms with Crippen molar-refractivity contribution >= 4 is 29.4 Å². The van der Waals surface area contributed by atoms with Gasteiger partial charge < -0.3 is 19.5 Å². The highest BCUT2D eigenvalue weighted by atomic mass is 32.2. The van der Waals surface area contributed by atoms with Gasteiger partial charge in [0, 0.05) is 25.7 Å². The standard InChI is InChI=1S/C20H32N6O3S/c1-5-6-7-16(18(27)21-17-12-15(4)29-24-17)30-20-23-22-19(26(20)13-14(2)3)25-8-10-28-11-9-25/h12,14,16H,5-11,13H2,1-4H3,(H,21,24,27). The molecule has 1 aliphatic rings. The van der Waals surface area contributed by atoms with Gasteiger partial charge in [-0.2, -0.15) is 0 Å². The van der Waals surface area contributed by atoms with Crippen LogP contribution in [0.2, 0.25) is 0 Å². The molecule has 166 valence electrons. The van der Waals surface area contributed by atoms with Crippen LogP contribution in [0.25, 0.3) is 0 Å². The summed E-state index contributed by atoms with van der Waals surface area (Å²) in [5.74, 6) is 2.30. The van der Waals surface area contributed by atoms with Crippen LogP contribution < -0.4 is 10.2 Å². The SMILES string of the molecule is CCCCC(Sc1nnc(N2CCOCC2)n1CC(C)C)C(=O)Nc1cc(C)on1. The number of carbonyl (C=O) groups excluding carboxylic acids is 1. The fourth-order valence-electron chi connectivity index (χ4n) is 3.28. The van der Waals surface area contributed by atoms with E-state index in [2.05, 4.69) is 50.9 Å². The summed E-state index contributed by atoms with van der Waals surface area (Å²) in [6.45, 7) is 12.0. The molecule has 2 aromatic heterocycles. The van der Waals surface area contributed by atoms with E-state index in [4.69, 9.17) is 9.26 Å². The van der Waals surface area contributed by atoms with Gasteiger partial charge in [-0.3, -0.25) is 9.36 Å². The zero-order valence-electron chi connectivity index (χ0n) is 18.3. The van der Waals surface area contributed by atoms with Crippen molar-refractivity contribution in [2.24, 2.45) is 5.92 Å². The van der Waals surface area contributed by atoms with Crippen LogP contribution in [0.5, 0.6) is 0 Å². The molecule has 3 rings (SSSR count). The number of unbranched alkanes of at least 4 members (excludes halogenated alkanes) is 1. The van der Waals surface area contributed by atoms with Crippen LogP contribution in [0.4, 0.5) is 11.8 Å². The van der Waals surface area contributed by atoms with Crippen molar-refractivity contribution in [2.45, 2.75) is 63.9 Å². The van der Waals surface area contributed by atoms with Crippen LogP contribution in [-0.4, -0.2) is 57.4 Å². The zero-order valence-corrected chi connectivity index (χ0v) is 19.1. The van der Waals surface area contributed by atoms with Gasteiger partial charge in [0.25, 0.3) is 0 Å². The summed E-state index contributed by atoms with van der Waals surface area (Å²) in [7, 11) is 0. The predicted octanol–water partition coefficient (Wildman–Crippen LogP) is 3.36. The van der Waals surface area contributed by atoms with E-state index >= 15 is 0 Å². The first-order chi connectivity index (χ1) is 14.5. The number of nitrogens with one attached hydrogen (secondary N) is 1. The second kappa shape index (κ2) is 10.8. The molecule has 0 spiro atoms. The van der Waals surface area contributed by atoms with Gasteiger partial charge in [0.1, 0.15) is 5.76 Å². The Hall–Kier alpha value is -2.07. The zero-order chi connectivity index (χ0) is 21.5. The van der Waals surface area contributed by atoms with Crippen LogP contribution in [0.15, 0.2) is 15.7 Å². The monoisotopic (exact) mass is 436 g/mol. The lowest BCUT2D eigenvalue weighted by molar-refractivity contribution is -0.115. The smallest absolute Gasteiger partial charge is 0.239 e. The summed E-state index contributed by atoms with van der Waals surface area (Å²) in [5.41, 5.74) is 0. The molecule has 0 bridgehead atoms. The molecule has 0 saturated carbocycles. The van der Waals surface area contributed by atoms with Gasteiger partial charge in [0.2, 0.25) is 11.9 Å². The van der Waals surface area contributed by atoms with Gasteiger partial charge in [-0.25, -0.2) is 0 Å². The minimum absolute atomic E-state index is 0.0891. The van der Waals surface area contributed by atoms with E-state index in [1.165, 1.54) is 11.8 Å². The highest BCUT2D eigenvalue weighted by Gasteiger charge is 2.27. The summed E-state index contributed by atoms with van der Waals surface area (Å²) in [5, 5.41) is 16.2. The van der Waals surface area contributed by atoms with E-state index in [0.717, 1.165) is 50.0 Å². The van der Waals surface area contributed by atoms with Crippen molar-refractivity contribution in [3.8, 4) is 0 Å². The van der Waals surface area contributed by atoms with Crippen molar-refractivity contribution in [2.75, 3.05) is 36.5 Å². The maximum Gasteiger partial charge on any atom is 0.239 e. The topological polar surface area (TPSA) is 98.3 Å². The van der Waals surface area contributed by atoms with Crippen LogP contribution in [0, 0.1) is 12.8 Å². The molecule has 1 unspecified atom stereocenters. The third kappa shape index (κ3) is 5.98. The normalized spacial score (nSPS) is 15.6. The minimum atomic E-state index is -0.283. The fraction of sp³-hybridized carbons (Fsp3) is 0.700. The number of amides is 1. The van der Waals surface area contributed by atoms with Crippen molar-refractivity contribution in [3.63, 3.8) is 0 Å². The number of thioether (sulfide) groups is 1. The molecule has 1 saturated heterocycles. The fourth-order valence-corrected chi connectivity index (χ4v) is 4.36. The summed E-state index contributed by atoms with van der Waals surface area (Å²) in [6.07, 6.45) is 2.73. The quantitative estimate of drug-likeness (QED) is 0.566. The molecule has 0 radical (unpaired) electrons. The van der Waals surface area contributed by atoms with Gasteiger partial charge in [-0.15, -0.1) is 10.2 Å². The van der Waals surface area contributed by atoms with E-state index in [1.54, 1.807) is 13.0 Å². The van der Waals surface area contributed by atoms with Crippen molar-refractivity contribution < 1.29 is 14.1 Å². The first-order valence-electron chi connectivity index (χ1n) is 10.6. The molecular formula is C20H32N6O3S. The lowest BCUT2D eigenvalue weighted by Crippen LogP contribution is -2.38. The van der Waals surface area contributed by atoms with E-state index in [1.807, 2.05) is 0 Å². The maximum atomic E-state index is 13.0. The average molecular weight is 437 g/mol. The number of rotatable bonds is 10. The number of hydrogen-bond donors (Lipinski definition) is 1. The minimum Gasteiger partial charge on any atom is -0.378 e. The van der Waals surface area contributed by atoms with Crippen LogP contribution in [0.3, 0.4) is 0 Å². The number of morpholine rings is 1. The Kier molecular flexibility index (Phi) is 8.15. The molecular weight excluding hydrogens is 404 g/mol. The molecule has 2 aromatic rings. The molecule has 1 N–H and O–H groups in total. The Labute approximate surface area is 181 Å². The summed E-state index contributed by atoms with van der Waals surface area (Å²) >= 11 is 1.48. The number of aryl methyl sites for hydroxylation is 1. The highest BCUT2D eigenvalue weighted by molar-refractivity contribution is 8.00. The van der Waals surface area contributed by atoms with Crippen molar-refractivity contribution in [1.29, 1.82) is 0 Å². The largest absolute Gasteiger partial charge is 0.378 e. The molecule has 1 atom stereocenters. The third-order valence-corrected chi connectivity index (χ3v) is 6.03. The number of hydrogen-bond acceptors (Lipinski definition) is 8. The van der Waals surface area contributed by atoms with E-state index in [-0.39, 0.29) is 11.2 Å². The van der Waals surface area contributed by atoms with E-state index in [9.17, 15) is 4.79 Å². The third-order valence-electron chi connectivity index (χ3n) is 4.78. The van der Waals surface area contributed by atoms with E-state index < -0.39 is 0 Å². The maximum absolute atomic E-state index is 13.0. The van der Waals surface area contributed by atoms with Gasteiger partial charge >= 0.3 is 0 Å². The van der Waals surface area contributed by atoms with Crippen molar-refractivity contribution in [3.05, 3.63) is 11.8 Å². The molecule has 10 heteroatoms. The van der Waals surface area contributed by atoms with Gasteiger partial charge in [-0.1, -0.05) is 50.5 Å². The Balaban J connectivity index is 1.79. The molecule has 3 heterocycles. The number of aromatic nitrogens is 4. The molecule has 1 amide bonds. The lowest BCUT2D eigenvalue weighted by Gasteiger charge is -2.28. The second-order valence-electron chi connectivity index (χ2n) is 7.95. The molecule has 0 aromatic carbocycles. The highest BCUT2D eigenvalue weighted by Crippen LogP contribution is 2.30. The van der Waals surface area contributed by atoms with Crippen LogP contribution >= 0.6 is 11.8 Å². The molecule has 1 aliphatic heterocycles. The average Bonchev–Trinajstić information content (AvgIpc) is 3.31. The number of anilines is 2. The first-order valence-corrected chi connectivity index (χ1v) is 11.5. The summed E-state index contributed by atoms with van der Waals surface area (Å²) < 4.78 is 12.7. The number of ether oxygens (including phenoxy) is 1. The number of nitrogens with zero attached hydrogens (tertiary/aromatic N) is 5.